The van der Waals surface area contributed by atoms with Crippen LogP contribution < -0.4 is 4.74 Å². The summed E-state index contributed by atoms with van der Waals surface area (Å²) in [6.45, 7) is 2.99. The molecule has 164 valence electrons. The van der Waals surface area contributed by atoms with Gasteiger partial charge in [0.05, 0.1) is 18.6 Å². The lowest BCUT2D eigenvalue weighted by atomic mass is 10.1. The van der Waals surface area contributed by atoms with E-state index in [0.717, 1.165) is 19.3 Å². The molecule has 1 heterocycles. The summed E-state index contributed by atoms with van der Waals surface area (Å²) < 4.78 is 74.5. The molecular formula is C16H21F3N2O6S2. The summed E-state index contributed by atoms with van der Waals surface area (Å²) in [5.74, 6) is 0.407. The van der Waals surface area contributed by atoms with E-state index < -0.39 is 27.0 Å². The molecule has 0 unspecified atom stereocenters. The molecule has 0 amide bonds. The number of piperidine rings is 1. The first kappa shape index (κ1) is 23.7. The molecule has 0 saturated carbocycles. The maximum Gasteiger partial charge on any atom is 0.437 e. The van der Waals surface area contributed by atoms with E-state index in [1.54, 1.807) is 6.92 Å². The molecule has 0 atom stereocenters. The van der Waals surface area contributed by atoms with Crippen molar-refractivity contribution in [2.24, 2.45) is 5.16 Å². The van der Waals surface area contributed by atoms with Gasteiger partial charge in [0.15, 0.2) is 5.71 Å². The van der Waals surface area contributed by atoms with Gasteiger partial charge in [0.2, 0.25) is 10.0 Å². The van der Waals surface area contributed by atoms with Crippen LogP contribution in [-0.4, -0.2) is 49.4 Å². The molecule has 0 N–H and O–H groups in total. The van der Waals surface area contributed by atoms with Crippen molar-refractivity contribution in [1.82, 2.24) is 4.31 Å². The minimum atomic E-state index is -4.82. The van der Waals surface area contributed by atoms with Gasteiger partial charge in [-0.15, -0.1) is 4.33 Å². The van der Waals surface area contributed by atoms with Gasteiger partial charge in [-0.05, 0) is 49.2 Å². The van der Waals surface area contributed by atoms with Gasteiger partial charge in [-0.2, -0.15) is 18.2 Å². The Hall–Kier alpha value is -1.54. The Morgan fingerprint density at radius 1 is 1.17 bits per heavy atom. The first-order chi connectivity index (χ1) is 13.7. The number of oxime groups is 1. The molecule has 0 bridgehead atoms. The van der Waals surface area contributed by atoms with Crippen LogP contribution in [0.3, 0.4) is 0 Å². The molecule has 8 nitrogen and oxygen atoms in total. The summed E-state index contributed by atoms with van der Waals surface area (Å²) in [5.41, 5.74) is -1.63. The van der Waals surface area contributed by atoms with Crippen molar-refractivity contribution in [2.45, 2.75) is 32.4 Å². The molecular weight excluding hydrogens is 437 g/mol. The topological polar surface area (TPSA) is 86.7 Å². The Morgan fingerprint density at radius 3 is 2.41 bits per heavy atom. The Balaban J connectivity index is 1.85. The largest absolute Gasteiger partial charge is 0.494 e. The number of nitrogens with zero attached hydrogens (tertiary/aromatic N) is 2. The lowest BCUT2D eigenvalue weighted by Gasteiger charge is -2.25. The summed E-state index contributed by atoms with van der Waals surface area (Å²) in [4.78, 5) is 4.10. The third-order valence-electron chi connectivity index (χ3n) is 3.85. The van der Waals surface area contributed by atoms with E-state index in [9.17, 15) is 21.6 Å². The van der Waals surface area contributed by atoms with E-state index in [0.29, 0.717) is 37.5 Å². The van der Waals surface area contributed by atoms with E-state index in [-0.39, 0.29) is 5.56 Å². The van der Waals surface area contributed by atoms with E-state index in [1.807, 2.05) is 0 Å². The zero-order valence-electron chi connectivity index (χ0n) is 15.6. The number of ether oxygens (including phenoxy) is 1. The molecule has 29 heavy (non-hydrogen) atoms. The molecule has 2 rings (SSSR count). The Bertz CT molecular complexity index is 766. The van der Waals surface area contributed by atoms with Gasteiger partial charge >= 0.3 is 6.18 Å². The van der Waals surface area contributed by atoms with Crippen LogP contribution in [0.1, 0.15) is 31.7 Å². The SMILES string of the molecule is CCOc1ccc(C(=NOOOSCS(=O)(=O)N2CCCCC2)C(F)(F)F)cc1. The molecule has 0 aliphatic carbocycles. The first-order valence-corrected chi connectivity index (χ1v) is 11.2. The van der Waals surface area contributed by atoms with E-state index in [1.165, 1.54) is 28.6 Å². The molecule has 1 aliphatic heterocycles. The number of rotatable bonds is 10. The van der Waals surface area contributed by atoms with Gasteiger partial charge in [0.1, 0.15) is 10.8 Å². The fourth-order valence-corrected chi connectivity index (χ4v) is 4.64. The number of benzene rings is 1. The molecule has 13 heteroatoms. The zero-order chi connectivity index (χ0) is 21.3. The predicted octanol–water partition coefficient (Wildman–Crippen LogP) is 3.65. The van der Waals surface area contributed by atoms with Crippen molar-refractivity contribution in [3.63, 3.8) is 0 Å². The molecule has 1 aromatic carbocycles. The normalized spacial score (nSPS) is 16.6. The Labute approximate surface area is 171 Å². The molecule has 0 radical (unpaired) electrons. The number of alkyl halides is 3. The van der Waals surface area contributed by atoms with Crippen molar-refractivity contribution in [1.29, 1.82) is 0 Å². The van der Waals surface area contributed by atoms with Gasteiger partial charge in [0.25, 0.3) is 0 Å². The van der Waals surface area contributed by atoms with Crippen molar-refractivity contribution in [2.75, 3.05) is 24.8 Å². The number of hydrogen-bond donors (Lipinski definition) is 0. The van der Waals surface area contributed by atoms with E-state index in [2.05, 4.69) is 19.5 Å². The molecule has 0 spiro atoms. The standard InChI is InChI=1S/C16H21F3N2O6S2/c1-2-24-14-8-6-13(7-9-14)15(16(17,18)19)20-25-26-27-28-12-29(22,23)21-10-4-3-5-11-21/h6-9H,2-5,10-12H2,1H3. The minimum absolute atomic E-state index is 0.273. The van der Waals surface area contributed by atoms with Crippen LogP contribution in [0.2, 0.25) is 0 Å². The van der Waals surface area contributed by atoms with E-state index >= 15 is 0 Å². The first-order valence-electron chi connectivity index (χ1n) is 8.72. The van der Waals surface area contributed by atoms with Gasteiger partial charge in [0, 0.05) is 23.7 Å². The second-order valence-corrected chi connectivity index (χ2v) is 8.91. The van der Waals surface area contributed by atoms with Crippen LogP contribution in [0.5, 0.6) is 5.75 Å². The van der Waals surface area contributed by atoms with Crippen LogP contribution in [0.4, 0.5) is 13.2 Å². The summed E-state index contributed by atoms with van der Waals surface area (Å²) in [5, 5.41) is 6.52. The highest BCUT2D eigenvalue weighted by Gasteiger charge is 2.38. The Morgan fingerprint density at radius 2 is 1.83 bits per heavy atom. The predicted molar refractivity (Wildman–Crippen MR) is 100 cm³/mol. The smallest absolute Gasteiger partial charge is 0.437 e. The maximum atomic E-state index is 13.2. The third kappa shape index (κ3) is 7.66. The molecule has 1 saturated heterocycles. The van der Waals surface area contributed by atoms with Crippen molar-refractivity contribution in [3.05, 3.63) is 29.8 Å². The van der Waals surface area contributed by atoms with Gasteiger partial charge in [-0.25, -0.2) is 12.7 Å². The number of halogens is 3. The maximum absolute atomic E-state index is 13.2. The highest BCUT2D eigenvalue weighted by molar-refractivity contribution is 8.08. The highest BCUT2D eigenvalue weighted by Crippen LogP contribution is 2.25. The highest BCUT2D eigenvalue weighted by atomic mass is 32.3. The van der Waals surface area contributed by atoms with Crippen molar-refractivity contribution >= 4 is 27.8 Å². The lowest BCUT2D eigenvalue weighted by Crippen LogP contribution is -2.36. The minimum Gasteiger partial charge on any atom is -0.494 e. The monoisotopic (exact) mass is 458 g/mol. The quantitative estimate of drug-likeness (QED) is 0.174. The second-order valence-electron chi connectivity index (χ2n) is 5.91. The van der Waals surface area contributed by atoms with Crippen LogP contribution in [0.25, 0.3) is 0 Å². The summed E-state index contributed by atoms with van der Waals surface area (Å²) in [6, 6.07) is 5.06. The summed E-state index contributed by atoms with van der Waals surface area (Å²) in [6.07, 6.45) is -2.28. The van der Waals surface area contributed by atoms with Crippen LogP contribution in [0, 0.1) is 0 Å². The van der Waals surface area contributed by atoms with Crippen LogP contribution >= 0.6 is 12.0 Å². The second kappa shape index (κ2) is 11.0. The number of hydrogen-bond acceptors (Lipinski definition) is 8. The molecule has 1 aromatic rings. The fourth-order valence-electron chi connectivity index (χ4n) is 2.53. The van der Waals surface area contributed by atoms with E-state index in [4.69, 9.17) is 4.74 Å². The van der Waals surface area contributed by atoms with Crippen molar-refractivity contribution in [3.8, 4) is 5.75 Å². The van der Waals surface area contributed by atoms with Gasteiger partial charge < -0.3 is 4.74 Å². The average Bonchev–Trinajstić information content (AvgIpc) is 2.68. The molecule has 1 fully saturated rings. The number of sulfonamides is 1. The third-order valence-corrected chi connectivity index (χ3v) is 6.73. The lowest BCUT2D eigenvalue weighted by molar-refractivity contribution is -0.462. The fraction of sp³-hybridized carbons (Fsp3) is 0.562. The average molecular weight is 458 g/mol. The van der Waals surface area contributed by atoms with Crippen molar-refractivity contribution < 1.29 is 40.7 Å². The Kier molecular flexibility index (Phi) is 9.02. The summed E-state index contributed by atoms with van der Waals surface area (Å²) in [7, 11) is -3.55. The summed E-state index contributed by atoms with van der Waals surface area (Å²) >= 11 is 0.372. The van der Waals surface area contributed by atoms with Gasteiger partial charge in [-0.3, -0.25) is 0 Å². The van der Waals surface area contributed by atoms with Crippen LogP contribution in [0.15, 0.2) is 29.4 Å². The van der Waals surface area contributed by atoms with Crippen LogP contribution in [-0.2, 0) is 24.4 Å². The zero-order valence-corrected chi connectivity index (χ0v) is 17.2. The molecule has 0 aromatic heterocycles. The van der Waals surface area contributed by atoms with Gasteiger partial charge in [-0.1, -0.05) is 6.42 Å². The molecule has 1 aliphatic rings.